The molecule has 0 aromatic heterocycles. The van der Waals surface area contributed by atoms with Crippen LogP contribution in [0.4, 0.5) is 0 Å². The van der Waals surface area contributed by atoms with Crippen LogP contribution in [0.1, 0.15) is 63.4 Å². The van der Waals surface area contributed by atoms with Crippen LogP contribution in [0.3, 0.4) is 0 Å². The number of benzene rings is 1. The fourth-order valence-electron chi connectivity index (χ4n) is 2.50. The number of unbranched alkanes of at least 4 members (excludes halogenated alkanes) is 8. The van der Waals surface area contributed by atoms with Gasteiger partial charge in [0.2, 0.25) is 0 Å². The molecular formula is C18H30O3S. The number of aliphatic hydroxyl groups excluding tert-OH is 1. The molecule has 0 aliphatic heterocycles. The molecule has 0 aliphatic rings. The minimum atomic E-state index is -3.11. The van der Waals surface area contributed by atoms with Crippen LogP contribution in [0.5, 0.6) is 0 Å². The summed E-state index contributed by atoms with van der Waals surface area (Å²) < 4.78 is 24.3. The minimum Gasteiger partial charge on any atom is -0.396 e. The van der Waals surface area contributed by atoms with Crippen molar-refractivity contribution in [2.24, 2.45) is 0 Å². The van der Waals surface area contributed by atoms with Crippen LogP contribution < -0.4 is 0 Å². The highest BCUT2D eigenvalue weighted by Gasteiger charge is 2.13. The van der Waals surface area contributed by atoms with Crippen LogP contribution in [0.2, 0.25) is 0 Å². The summed E-state index contributed by atoms with van der Waals surface area (Å²) in [6.07, 6.45) is 9.71. The molecule has 0 spiro atoms. The average Bonchev–Trinajstić information content (AvgIpc) is 2.49. The lowest BCUT2D eigenvalue weighted by atomic mass is 10.1. The molecule has 0 radical (unpaired) electrons. The highest BCUT2D eigenvalue weighted by Crippen LogP contribution is 2.15. The Bertz CT molecular complexity index is 492. The van der Waals surface area contributed by atoms with E-state index < -0.39 is 9.84 Å². The van der Waals surface area contributed by atoms with Gasteiger partial charge in [0.05, 0.1) is 10.6 Å². The van der Waals surface area contributed by atoms with E-state index >= 15 is 0 Å². The lowest BCUT2D eigenvalue weighted by molar-refractivity contribution is 0.282. The van der Waals surface area contributed by atoms with Gasteiger partial charge < -0.3 is 5.11 Å². The van der Waals surface area contributed by atoms with Crippen LogP contribution >= 0.6 is 0 Å². The van der Waals surface area contributed by atoms with Crippen molar-refractivity contribution in [1.82, 2.24) is 0 Å². The topological polar surface area (TPSA) is 54.4 Å². The molecule has 1 N–H and O–H groups in total. The van der Waals surface area contributed by atoms with Crippen LogP contribution in [-0.2, 0) is 9.84 Å². The Balaban J connectivity index is 2.10. The third-order valence-electron chi connectivity index (χ3n) is 3.95. The van der Waals surface area contributed by atoms with Crippen molar-refractivity contribution in [3.05, 3.63) is 29.8 Å². The van der Waals surface area contributed by atoms with E-state index in [2.05, 4.69) is 0 Å². The Hall–Kier alpha value is -0.870. The number of aliphatic hydroxyl groups is 1. The quantitative estimate of drug-likeness (QED) is 0.584. The summed E-state index contributed by atoms with van der Waals surface area (Å²) in [4.78, 5) is 0.446. The van der Waals surface area contributed by atoms with E-state index in [1.54, 1.807) is 12.1 Å². The summed E-state index contributed by atoms with van der Waals surface area (Å²) in [5, 5.41) is 8.68. The third-order valence-corrected chi connectivity index (χ3v) is 5.77. The van der Waals surface area contributed by atoms with Gasteiger partial charge in [-0.25, -0.2) is 8.42 Å². The van der Waals surface area contributed by atoms with E-state index in [1.165, 1.54) is 25.7 Å². The van der Waals surface area contributed by atoms with E-state index in [0.29, 0.717) is 11.5 Å². The molecule has 1 rings (SSSR count). The van der Waals surface area contributed by atoms with Gasteiger partial charge in [-0.2, -0.15) is 0 Å². The first-order valence-electron chi connectivity index (χ1n) is 8.46. The van der Waals surface area contributed by atoms with Gasteiger partial charge in [0, 0.05) is 6.61 Å². The molecule has 1 aromatic carbocycles. The second-order valence-corrected chi connectivity index (χ2v) is 8.15. The second-order valence-electron chi connectivity index (χ2n) is 6.04. The number of hydrogen-bond donors (Lipinski definition) is 1. The highest BCUT2D eigenvalue weighted by molar-refractivity contribution is 7.91. The molecule has 22 heavy (non-hydrogen) atoms. The lowest BCUT2D eigenvalue weighted by Crippen LogP contribution is -2.06. The predicted octanol–water partition coefficient (Wildman–Crippen LogP) is 4.27. The smallest absolute Gasteiger partial charge is 0.178 e. The van der Waals surface area contributed by atoms with Crippen LogP contribution in [0.25, 0.3) is 0 Å². The molecule has 126 valence electrons. The molecule has 3 nitrogen and oxygen atoms in total. The average molecular weight is 327 g/mol. The summed E-state index contributed by atoms with van der Waals surface area (Å²) in [5.41, 5.74) is 1.08. The fraction of sp³-hybridized carbons (Fsp3) is 0.667. The van der Waals surface area contributed by atoms with E-state index in [9.17, 15) is 8.42 Å². The van der Waals surface area contributed by atoms with Crippen molar-refractivity contribution in [1.29, 1.82) is 0 Å². The Morgan fingerprint density at radius 2 is 1.23 bits per heavy atom. The summed E-state index contributed by atoms with van der Waals surface area (Å²) in [6, 6.07) is 7.11. The zero-order valence-corrected chi connectivity index (χ0v) is 14.6. The van der Waals surface area contributed by atoms with Crippen molar-refractivity contribution in [2.75, 3.05) is 12.4 Å². The summed E-state index contributed by atoms with van der Waals surface area (Å²) in [7, 11) is -3.11. The Kier molecular flexibility index (Phi) is 9.41. The first-order valence-corrected chi connectivity index (χ1v) is 10.1. The third kappa shape index (κ3) is 7.95. The van der Waals surface area contributed by atoms with Crippen LogP contribution in [0.15, 0.2) is 29.2 Å². The lowest BCUT2D eigenvalue weighted by Gasteiger charge is -2.05. The molecule has 0 fully saturated rings. The minimum absolute atomic E-state index is 0.257. The van der Waals surface area contributed by atoms with Gasteiger partial charge in [0.1, 0.15) is 0 Å². The SMILES string of the molecule is Cc1ccc(S(=O)(=O)CCCCCCCCCCCO)cc1. The monoisotopic (exact) mass is 326 g/mol. The van der Waals surface area contributed by atoms with Crippen LogP contribution in [0, 0.1) is 6.92 Å². The standard InChI is InChI=1S/C18H30O3S/c1-17-11-13-18(14-12-17)22(20,21)16-10-8-6-4-2-3-5-7-9-15-19/h11-14,19H,2-10,15-16H2,1H3. The molecular weight excluding hydrogens is 296 g/mol. The first kappa shape index (κ1) is 19.2. The van der Waals surface area contributed by atoms with Gasteiger partial charge in [0.25, 0.3) is 0 Å². The zero-order valence-electron chi connectivity index (χ0n) is 13.8. The van der Waals surface area contributed by atoms with Gasteiger partial charge in [-0.3, -0.25) is 0 Å². The number of rotatable bonds is 12. The molecule has 0 bridgehead atoms. The summed E-state index contributed by atoms with van der Waals surface area (Å²) in [6.45, 7) is 2.26. The number of sulfone groups is 1. The van der Waals surface area contributed by atoms with Crippen LogP contribution in [-0.4, -0.2) is 25.9 Å². The van der Waals surface area contributed by atoms with Gasteiger partial charge in [-0.1, -0.05) is 62.6 Å². The maximum absolute atomic E-state index is 12.2. The van der Waals surface area contributed by atoms with Crippen molar-refractivity contribution in [3.8, 4) is 0 Å². The van der Waals surface area contributed by atoms with Gasteiger partial charge in [0.15, 0.2) is 9.84 Å². The van der Waals surface area contributed by atoms with Crippen molar-refractivity contribution in [3.63, 3.8) is 0 Å². The Labute approximate surface area is 135 Å². The molecule has 0 aliphatic carbocycles. The molecule has 4 heteroatoms. The molecule has 0 amide bonds. The Morgan fingerprint density at radius 3 is 1.73 bits per heavy atom. The Morgan fingerprint density at radius 1 is 0.773 bits per heavy atom. The van der Waals surface area contributed by atoms with Crippen molar-refractivity contribution < 1.29 is 13.5 Å². The zero-order chi connectivity index (χ0) is 16.3. The van der Waals surface area contributed by atoms with E-state index in [-0.39, 0.29) is 5.75 Å². The maximum Gasteiger partial charge on any atom is 0.178 e. The normalized spacial score (nSPS) is 11.7. The molecule has 0 saturated heterocycles. The molecule has 0 heterocycles. The molecule has 0 atom stereocenters. The van der Waals surface area contributed by atoms with Crippen molar-refractivity contribution in [2.45, 2.75) is 69.6 Å². The molecule has 0 saturated carbocycles. The number of aryl methyl sites for hydroxylation is 1. The summed E-state index contributed by atoms with van der Waals surface area (Å²) in [5.74, 6) is 0.257. The largest absolute Gasteiger partial charge is 0.396 e. The number of hydrogen-bond acceptors (Lipinski definition) is 3. The van der Waals surface area contributed by atoms with E-state index in [0.717, 1.165) is 37.7 Å². The molecule has 0 unspecified atom stereocenters. The molecule has 1 aromatic rings. The fourth-order valence-corrected chi connectivity index (χ4v) is 3.88. The second kappa shape index (κ2) is 10.8. The van der Waals surface area contributed by atoms with Crippen molar-refractivity contribution >= 4 is 9.84 Å². The maximum atomic E-state index is 12.2. The highest BCUT2D eigenvalue weighted by atomic mass is 32.2. The van der Waals surface area contributed by atoms with Gasteiger partial charge in [-0.05, 0) is 31.9 Å². The van der Waals surface area contributed by atoms with Gasteiger partial charge in [-0.15, -0.1) is 0 Å². The van der Waals surface area contributed by atoms with E-state index in [4.69, 9.17) is 5.11 Å². The first-order chi connectivity index (χ1) is 10.6. The predicted molar refractivity (Wildman–Crippen MR) is 91.9 cm³/mol. The van der Waals surface area contributed by atoms with Gasteiger partial charge >= 0.3 is 0 Å². The van der Waals surface area contributed by atoms with E-state index in [1.807, 2.05) is 19.1 Å². The summed E-state index contributed by atoms with van der Waals surface area (Å²) >= 11 is 0.